The number of nitrogens with zero attached hydrogens (tertiary/aromatic N) is 1. The van der Waals surface area contributed by atoms with E-state index < -0.39 is 12.1 Å². The van der Waals surface area contributed by atoms with Crippen LogP contribution in [0.3, 0.4) is 0 Å². The van der Waals surface area contributed by atoms with Crippen LogP contribution in [0.2, 0.25) is 0 Å². The monoisotopic (exact) mass is 303 g/mol. The number of rotatable bonds is 3. The maximum absolute atomic E-state index is 11.0. The number of carbonyl (C=O) groups is 2. The number of ether oxygens (including phenoxy) is 1. The van der Waals surface area contributed by atoms with Crippen LogP contribution >= 0.6 is 0 Å². The number of para-hydroxylation sites is 1. The van der Waals surface area contributed by atoms with Crippen molar-refractivity contribution in [2.24, 2.45) is 11.7 Å². The molecular weight excluding hydrogens is 286 g/mol. The van der Waals surface area contributed by atoms with Gasteiger partial charge in [-0.05, 0) is 37.8 Å². The normalized spacial score (nSPS) is 21.6. The molecule has 22 heavy (non-hydrogen) atoms. The summed E-state index contributed by atoms with van der Waals surface area (Å²) in [6.45, 7) is 0. The number of benzene rings is 1. The van der Waals surface area contributed by atoms with Crippen molar-refractivity contribution >= 4 is 23.1 Å². The lowest BCUT2D eigenvalue weighted by Gasteiger charge is -2.24. The third-order valence-electron chi connectivity index (χ3n) is 4.17. The number of carboxylic acid groups (broad SMARTS) is 1. The Bertz CT molecular complexity index is 717. The van der Waals surface area contributed by atoms with Crippen LogP contribution in [0.1, 0.15) is 37.4 Å². The summed E-state index contributed by atoms with van der Waals surface area (Å²) in [4.78, 5) is 29.7. The summed E-state index contributed by atoms with van der Waals surface area (Å²) in [5.74, 6) is 0.352. The van der Waals surface area contributed by atoms with Crippen molar-refractivity contribution in [1.82, 2.24) is 9.97 Å². The van der Waals surface area contributed by atoms with Crippen molar-refractivity contribution in [3.63, 3.8) is 0 Å². The van der Waals surface area contributed by atoms with Crippen molar-refractivity contribution in [2.75, 3.05) is 0 Å². The Morgan fingerprint density at radius 2 is 2.00 bits per heavy atom. The highest BCUT2D eigenvalue weighted by Crippen LogP contribution is 2.36. The molecule has 0 atom stereocenters. The highest BCUT2D eigenvalue weighted by molar-refractivity contribution is 5.84. The van der Waals surface area contributed by atoms with Gasteiger partial charge >= 0.3 is 12.1 Å². The number of aromatic amines is 1. The summed E-state index contributed by atoms with van der Waals surface area (Å²) in [6.07, 6.45) is 1.99. The average Bonchev–Trinajstić information content (AvgIpc) is 2.92. The fourth-order valence-corrected chi connectivity index (χ4v) is 3.02. The van der Waals surface area contributed by atoms with E-state index in [1.807, 2.05) is 6.07 Å². The lowest BCUT2D eigenvalue weighted by molar-refractivity contribution is -0.142. The van der Waals surface area contributed by atoms with E-state index in [0.717, 1.165) is 24.2 Å². The Morgan fingerprint density at radius 3 is 2.64 bits per heavy atom. The molecule has 2 aromatic rings. The molecule has 0 aliphatic heterocycles. The first kappa shape index (κ1) is 14.4. The van der Waals surface area contributed by atoms with E-state index >= 15 is 0 Å². The number of carbonyl (C=O) groups excluding carboxylic acids is 1. The molecule has 1 fully saturated rings. The molecule has 0 spiro atoms. The van der Waals surface area contributed by atoms with Gasteiger partial charge in [0, 0.05) is 5.92 Å². The number of imidazole rings is 1. The van der Waals surface area contributed by atoms with Crippen LogP contribution in [0, 0.1) is 5.92 Å². The quantitative estimate of drug-likeness (QED) is 0.804. The van der Waals surface area contributed by atoms with Gasteiger partial charge in [-0.3, -0.25) is 4.79 Å². The first-order valence-electron chi connectivity index (χ1n) is 7.23. The van der Waals surface area contributed by atoms with Crippen LogP contribution < -0.4 is 10.5 Å². The van der Waals surface area contributed by atoms with Gasteiger partial charge in [0.05, 0.1) is 11.4 Å². The summed E-state index contributed by atoms with van der Waals surface area (Å²) in [6, 6.07) is 5.24. The Labute approximate surface area is 126 Å². The molecule has 116 valence electrons. The third-order valence-corrected chi connectivity index (χ3v) is 4.17. The fourth-order valence-electron chi connectivity index (χ4n) is 3.02. The summed E-state index contributed by atoms with van der Waals surface area (Å²) < 4.78 is 4.96. The molecule has 1 aliphatic carbocycles. The number of hydrogen-bond donors (Lipinski definition) is 3. The van der Waals surface area contributed by atoms with Gasteiger partial charge in [0.25, 0.3) is 0 Å². The number of aliphatic carboxylic acids is 1. The summed E-state index contributed by atoms with van der Waals surface area (Å²) >= 11 is 0. The Balaban J connectivity index is 1.84. The number of aromatic nitrogens is 2. The van der Waals surface area contributed by atoms with Crippen molar-refractivity contribution in [3.8, 4) is 5.75 Å². The smallest absolute Gasteiger partial charge is 0.410 e. The zero-order chi connectivity index (χ0) is 15.7. The van der Waals surface area contributed by atoms with Gasteiger partial charge in [-0.15, -0.1) is 0 Å². The van der Waals surface area contributed by atoms with E-state index in [4.69, 9.17) is 15.6 Å². The standard InChI is InChI=1S/C15H17N3O4/c16-15(21)22-11-3-1-2-10-12(11)18-13(17-10)8-4-6-9(7-5-8)14(19)20/h1-3,8-9H,4-7H2,(H2,16,21)(H,17,18)(H,19,20)/t8-,9+. The zero-order valence-corrected chi connectivity index (χ0v) is 11.9. The third kappa shape index (κ3) is 2.74. The molecule has 1 heterocycles. The van der Waals surface area contributed by atoms with Crippen LogP contribution in [0.5, 0.6) is 5.75 Å². The number of H-pyrrole nitrogens is 1. The highest BCUT2D eigenvalue weighted by Gasteiger charge is 2.28. The van der Waals surface area contributed by atoms with Crippen LogP contribution in [-0.2, 0) is 4.79 Å². The summed E-state index contributed by atoms with van der Waals surface area (Å²) in [5, 5.41) is 9.05. The van der Waals surface area contributed by atoms with Gasteiger partial charge < -0.3 is 20.6 Å². The van der Waals surface area contributed by atoms with E-state index in [1.165, 1.54) is 0 Å². The molecule has 7 heteroatoms. The molecule has 0 radical (unpaired) electrons. The molecule has 4 N–H and O–H groups in total. The maximum atomic E-state index is 11.0. The highest BCUT2D eigenvalue weighted by atomic mass is 16.5. The van der Waals surface area contributed by atoms with Crippen molar-refractivity contribution < 1.29 is 19.4 Å². The molecule has 0 bridgehead atoms. The molecule has 1 aromatic carbocycles. The largest absolute Gasteiger partial charge is 0.481 e. The predicted octanol–water partition coefficient (Wildman–Crippen LogP) is 2.38. The van der Waals surface area contributed by atoms with Crippen molar-refractivity contribution in [1.29, 1.82) is 0 Å². The number of amides is 1. The molecule has 0 saturated heterocycles. The molecule has 0 unspecified atom stereocenters. The summed E-state index contributed by atoms with van der Waals surface area (Å²) in [7, 11) is 0. The van der Waals surface area contributed by atoms with Gasteiger partial charge in [0.1, 0.15) is 11.3 Å². The molecule has 7 nitrogen and oxygen atoms in total. The van der Waals surface area contributed by atoms with Gasteiger partial charge in [-0.25, -0.2) is 9.78 Å². The Kier molecular flexibility index (Phi) is 3.70. The number of fused-ring (bicyclic) bond motifs is 1. The Hall–Kier alpha value is -2.57. The lowest BCUT2D eigenvalue weighted by atomic mass is 9.82. The van der Waals surface area contributed by atoms with E-state index in [1.54, 1.807) is 12.1 Å². The second kappa shape index (κ2) is 5.67. The average molecular weight is 303 g/mol. The molecule has 1 aliphatic rings. The van der Waals surface area contributed by atoms with Crippen molar-refractivity contribution in [2.45, 2.75) is 31.6 Å². The minimum atomic E-state index is -0.876. The molecular formula is C15H17N3O4. The van der Waals surface area contributed by atoms with Crippen LogP contribution in [-0.4, -0.2) is 27.1 Å². The second-order valence-corrected chi connectivity index (χ2v) is 5.58. The van der Waals surface area contributed by atoms with Crippen LogP contribution in [0.15, 0.2) is 18.2 Å². The summed E-state index contributed by atoms with van der Waals surface area (Å²) in [5.41, 5.74) is 6.39. The number of nitrogens with one attached hydrogen (secondary N) is 1. The first-order valence-corrected chi connectivity index (χ1v) is 7.23. The van der Waals surface area contributed by atoms with E-state index in [2.05, 4.69) is 9.97 Å². The van der Waals surface area contributed by atoms with E-state index in [-0.39, 0.29) is 11.8 Å². The van der Waals surface area contributed by atoms with Gasteiger partial charge in [-0.1, -0.05) is 6.07 Å². The number of hydrogen-bond acceptors (Lipinski definition) is 4. The van der Waals surface area contributed by atoms with E-state index in [0.29, 0.717) is 24.1 Å². The molecule has 1 aromatic heterocycles. The predicted molar refractivity (Wildman–Crippen MR) is 78.6 cm³/mol. The fraction of sp³-hybridized carbons (Fsp3) is 0.400. The van der Waals surface area contributed by atoms with Crippen LogP contribution in [0.4, 0.5) is 4.79 Å². The maximum Gasteiger partial charge on any atom is 0.410 e. The molecule has 1 saturated carbocycles. The minimum Gasteiger partial charge on any atom is -0.481 e. The number of primary amides is 1. The minimum absolute atomic E-state index is 0.199. The van der Waals surface area contributed by atoms with Crippen LogP contribution in [0.25, 0.3) is 11.0 Å². The lowest BCUT2D eigenvalue weighted by Crippen LogP contribution is -2.21. The van der Waals surface area contributed by atoms with Crippen molar-refractivity contribution in [3.05, 3.63) is 24.0 Å². The van der Waals surface area contributed by atoms with Gasteiger partial charge in [0.2, 0.25) is 0 Å². The SMILES string of the molecule is NC(=O)Oc1cccc2[nH]c([C@H]3CC[C@@H](C(=O)O)CC3)nc12. The van der Waals surface area contributed by atoms with E-state index in [9.17, 15) is 9.59 Å². The topological polar surface area (TPSA) is 118 Å². The molecule has 3 rings (SSSR count). The first-order chi connectivity index (χ1) is 10.5. The molecule has 1 amide bonds. The second-order valence-electron chi connectivity index (χ2n) is 5.58. The van der Waals surface area contributed by atoms with Gasteiger partial charge in [-0.2, -0.15) is 0 Å². The Morgan fingerprint density at radius 1 is 1.27 bits per heavy atom. The number of nitrogens with two attached hydrogens (primary N) is 1. The zero-order valence-electron chi connectivity index (χ0n) is 11.9. The van der Waals surface area contributed by atoms with Gasteiger partial charge in [0.15, 0.2) is 5.75 Å². The number of carboxylic acids is 1.